The smallest absolute Gasteiger partial charge is 0.251 e. The minimum Gasteiger partial charge on any atom is -0.311 e. The van der Waals surface area contributed by atoms with E-state index in [4.69, 9.17) is 11.6 Å². The van der Waals surface area contributed by atoms with Gasteiger partial charge in [0.1, 0.15) is 11.6 Å². The van der Waals surface area contributed by atoms with E-state index in [9.17, 15) is 9.18 Å². The molecule has 1 heterocycles. The number of halogens is 2. The molecule has 2 rings (SSSR count). The van der Waals surface area contributed by atoms with Gasteiger partial charge in [0, 0.05) is 19.0 Å². The van der Waals surface area contributed by atoms with E-state index in [1.807, 2.05) is 6.92 Å². The zero-order valence-corrected chi connectivity index (χ0v) is 11.8. The molecule has 1 aromatic heterocycles. The number of aromatic nitrogens is 2. The van der Waals surface area contributed by atoms with E-state index in [-0.39, 0.29) is 17.0 Å². The second-order valence-electron chi connectivity index (χ2n) is 4.35. The molecule has 1 aromatic carbocycles. The van der Waals surface area contributed by atoms with Gasteiger partial charge < -0.3 is 10.3 Å². The van der Waals surface area contributed by atoms with E-state index in [1.54, 1.807) is 12.1 Å². The fraction of sp³-hybridized carbons (Fsp3) is 0.286. The van der Waals surface area contributed by atoms with Crippen molar-refractivity contribution in [1.29, 1.82) is 0 Å². The number of aromatic amines is 1. The third kappa shape index (κ3) is 3.65. The van der Waals surface area contributed by atoms with Crippen LogP contribution >= 0.6 is 11.6 Å². The van der Waals surface area contributed by atoms with Crippen molar-refractivity contribution in [3.8, 4) is 0 Å². The van der Waals surface area contributed by atoms with Gasteiger partial charge in [0.25, 0.3) is 5.56 Å². The number of hydrogen-bond donors (Lipinski definition) is 2. The van der Waals surface area contributed by atoms with Crippen LogP contribution in [0.1, 0.15) is 24.0 Å². The van der Waals surface area contributed by atoms with Gasteiger partial charge in [-0.15, -0.1) is 0 Å². The molecule has 106 valence electrons. The highest BCUT2D eigenvalue weighted by Gasteiger charge is 2.09. The highest BCUT2D eigenvalue weighted by atomic mass is 35.5. The molecule has 0 aliphatic rings. The summed E-state index contributed by atoms with van der Waals surface area (Å²) < 4.78 is 13.8. The summed E-state index contributed by atoms with van der Waals surface area (Å²) >= 11 is 5.73. The van der Waals surface area contributed by atoms with Crippen molar-refractivity contribution < 1.29 is 4.39 Å². The Balaban J connectivity index is 2.26. The van der Waals surface area contributed by atoms with Crippen LogP contribution in [0, 0.1) is 5.82 Å². The van der Waals surface area contributed by atoms with Gasteiger partial charge in [-0.3, -0.25) is 4.79 Å². The Hall–Kier alpha value is -1.72. The zero-order valence-electron chi connectivity index (χ0n) is 11.0. The topological polar surface area (TPSA) is 57.8 Å². The first-order chi connectivity index (χ1) is 9.60. The SMILES string of the molecule is CCNCc1cc(=O)[nH]c(Cc2cccc(Cl)c2F)n1. The predicted molar refractivity (Wildman–Crippen MR) is 76.5 cm³/mol. The van der Waals surface area contributed by atoms with Gasteiger partial charge in [-0.05, 0) is 18.2 Å². The van der Waals surface area contributed by atoms with Crippen LogP contribution in [0.3, 0.4) is 0 Å². The maximum Gasteiger partial charge on any atom is 0.251 e. The van der Waals surface area contributed by atoms with Gasteiger partial charge in [-0.2, -0.15) is 0 Å². The Morgan fingerprint density at radius 1 is 1.45 bits per heavy atom. The molecule has 4 nitrogen and oxygen atoms in total. The summed E-state index contributed by atoms with van der Waals surface area (Å²) in [4.78, 5) is 18.5. The Kier molecular flexibility index (Phi) is 4.87. The average Bonchev–Trinajstić information content (AvgIpc) is 2.41. The standard InChI is InChI=1S/C14H15ClFN3O/c1-2-17-8-10-7-13(20)19-12(18-10)6-9-4-3-5-11(15)14(9)16/h3-5,7,17H,2,6,8H2,1H3,(H,18,19,20). The molecule has 0 amide bonds. The van der Waals surface area contributed by atoms with Crippen LogP contribution in [0.5, 0.6) is 0 Å². The van der Waals surface area contributed by atoms with Crippen molar-refractivity contribution in [2.24, 2.45) is 0 Å². The fourth-order valence-corrected chi connectivity index (χ4v) is 2.05. The highest BCUT2D eigenvalue weighted by Crippen LogP contribution is 2.19. The molecule has 0 saturated carbocycles. The van der Waals surface area contributed by atoms with Crippen LogP contribution in [-0.4, -0.2) is 16.5 Å². The monoisotopic (exact) mass is 295 g/mol. The number of hydrogen-bond acceptors (Lipinski definition) is 3. The molecule has 0 aliphatic heterocycles. The van der Waals surface area contributed by atoms with E-state index in [0.29, 0.717) is 23.6 Å². The van der Waals surface area contributed by atoms with Crippen LogP contribution in [0.15, 0.2) is 29.1 Å². The maximum atomic E-state index is 13.8. The molecule has 20 heavy (non-hydrogen) atoms. The quantitative estimate of drug-likeness (QED) is 0.889. The summed E-state index contributed by atoms with van der Waals surface area (Å²) in [6.45, 7) is 3.26. The summed E-state index contributed by atoms with van der Waals surface area (Å²) in [6, 6.07) is 6.21. The van der Waals surface area contributed by atoms with Crippen LogP contribution in [0.2, 0.25) is 5.02 Å². The first-order valence-electron chi connectivity index (χ1n) is 6.33. The highest BCUT2D eigenvalue weighted by molar-refractivity contribution is 6.30. The molecule has 0 aliphatic carbocycles. The minimum absolute atomic E-state index is 0.0636. The number of nitrogens with one attached hydrogen (secondary N) is 2. The van der Waals surface area contributed by atoms with Gasteiger partial charge >= 0.3 is 0 Å². The molecule has 0 fully saturated rings. The van der Waals surface area contributed by atoms with Crippen molar-refractivity contribution in [2.45, 2.75) is 19.9 Å². The molecule has 0 unspecified atom stereocenters. The van der Waals surface area contributed by atoms with Gasteiger partial charge in [0.15, 0.2) is 0 Å². The zero-order chi connectivity index (χ0) is 14.5. The molecule has 0 bridgehead atoms. The summed E-state index contributed by atoms with van der Waals surface area (Å²) in [6.07, 6.45) is 0.196. The van der Waals surface area contributed by atoms with Crippen molar-refractivity contribution in [3.63, 3.8) is 0 Å². The number of benzene rings is 1. The van der Waals surface area contributed by atoms with Crippen molar-refractivity contribution >= 4 is 11.6 Å². The molecule has 0 spiro atoms. The Labute approximate surface area is 121 Å². The molecular formula is C14H15ClFN3O. The average molecular weight is 296 g/mol. The van der Waals surface area contributed by atoms with Crippen molar-refractivity contribution in [2.75, 3.05) is 6.54 Å². The van der Waals surface area contributed by atoms with Gasteiger partial charge in [-0.1, -0.05) is 30.7 Å². The van der Waals surface area contributed by atoms with Gasteiger partial charge in [0.05, 0.1) is 10.7 Å². The molecule has 2 aromatic rings. The molecule has 2 N–H and O–H groups in total. The van der Waals surface area contributed by atoms with Crippen molar-refractivity contribution in [3.05, 3.63) is 62.5 Å². The van der Waals surface area contributed by atoms with Gasteiger partial charge in [-0.25, -0.2) is 9.37 Å². The van der Waals surface area contributed by atoms with E-state index in [2.05, 4.69) is 15.3 Å². The van der Waals surface area contributed by atoms with Gasteiger partial charge in [0.2, 0.25) is 0 Å². The number of rotatable bonds is 5. The van der Waals surface area contributed by atoms with Crippen molar-refractivity contribution in [1.82, 2.24) is 15.3 Å². The first kappa shape index (κ1) is 14.7. The fourth-order valence-electron chi connectivity index (χ4n) is 1.86. The number of H-pyrrole nitrogens is 1. The minimum atomic E-state index is -0.478. The molecule has 0 saturated heterocycles. The lowest BCUT2D eigenvalue weighted by Crippen LogP contribution is -2.19. The first-order valence-corrected chi connectivity index (χ1v) is 6.70. The van der Waals surface area contributed by atoms with E-state index < -0.39 is 5.82 Å². The largest absolute Gasteiger partial charge is 0.311 e. The summed E-state index contributed by atoms with van der Waals surface area (Å²) in [7, 11) is 0. The molecular weight excluding hydrogens is 281 g/mol. The van der Waals surface area contributed by atoms with Crippen LogP contribution in [-0.2, 0) is 13.0 Å². The second kappa shape index (κ2) is 6.63. The summed E-state index contributed by atoms with van der Waals surface area (Å²) in [5.41, 5.74) is 0.791. The second-order valence-corrected chi connectivity index (χ2v) is 4.76. The normalized spacial score (nSPS) is 10.8. The lowest BCUT2D eigenvalue weighted by molar-refractivity contribution is 0.611. The molecule has 0 radical (unpaired) electrons. The Bertz CT molecular complexity index is 657. The van der Waals surface area contributed by atoms with Crippen LogP contribution in [0.25, 0.3) is 0 Å². The van der Waals surface area contributed by atoms with E-state index >= 15 is 0 Å². The Morgan fingerprint density at radius 2 is 2.25 bits per heavy atom. The van der Waals surface area contributed by atoms with Crippen LogP contribution in [0.4, 0.5) is 4.39 Å². The van der Waals surface area contributed by atoms with Crippen LogP contribution < -0.4 is 10.9 Å². The third-order valence-electron chi connectivity index (χ3n) is 2.79. The van der Waals surface area contributed by atoms with E-state index in [0.717, 1.165) is 6.54 Å². The lowest BCUT2D eigenvalue weighted by atomic mass is 10.1. The lowest BCUT2D eigenvalue weighted by Gasteiger charge is -2.06. The summed E-state index contributed by atoms with van der Waals surface area (Å²) in [5, 5.41) is 3.16. The predicted octanol–water partition coefficient (Wildman–Crippen LogP) is 2.26. The van der Waals surface area contributed by atoms with E-state index in [1.165, 1.54) is 12.1 Å². The Morgan fingerprint density at radius 3 is 3.00 bits per heavy atom. The molecule has 0 atom stereocenters. The third-order valence-corrected chi connectivity index (χ3v) is 3.08. The maximum absolute atomic E-state index is 13.8. The number of nitrogens with zero attached hydrogens (tertiary/aromatic N) is 1. The summed E-state index contributed by atoms with van der Waals surface area (Å²) in [5.74, 6) is -0.0551. The molecule has 6 heteroatoms.